The fourth-order valence-electron chi connectivity index (χ4n) is 5.69. The summed E-state index contributed by atoms with van der Waals surface area (Å²) in [6, 6.07) is 21.3. The maximum Gasteiger partial charge on any atom is 0.358 e. The maximum absolute atomic E-state index is 13.6. The number of fused-ring (bicyclic) bond motifs is 2. The number of benzene rings is 2. The van der Waals surface area contributed by atoms with Crippen LogP contribution >= 0.6 is 11.3 Å². The Balaban J connectivity index is 1.17. The molecule has 0 spiro atoms. The maximum atomic E-state index is 13.6. The van der Waals surface area contributed by atoms with Crippen molar-refractivity contribution in [2.45, 2.75) is 45.9 Å². The number of nitrogens with zero attached hydrogens (tertiary/aromatic N) is 6. The van der Waals surface area contributed by atoms with Crippen molar-refractivity contribution in [1.29, 1.82) is 0 Å². The van der Waals surface area contributed by atoms with Gasteiger partial charge in [0, 0.05) is 48.4 Å². The highest BCUT2D eigenvalue weighted by Crippen LogP contribution is 2.32. The van der Waals surface area contributed by atoms with Crippen LogP contribution in [0.25, 0.3) is 21.3 Å². The van der Waals surface area contributed by atoms with E-state index in [0.717, 1.165) is 38.9 Å². The standard InChI is InChI=1S/C36H33N7O3S/c1-36(2,3)46-34(45)32-26(25-19-38-43(21-25)20-23-8-7-16-37-18-23)13-14-31(40-32)42-17-15-24-9-6-10-27(28(24)22-42)33(44)41-35-39-29-11-4-5-12-30(29)47-35/h4-14,16,18-19,21H,15,17,20,22H2,1-3H3,(H,39,41,44). The van der Waals surface area contributed by atoms with Crippen LogP contribution in [0.3, 0.4) is 0 Å². The summed E-state index contributed by atoms with van der Waals surface area (Å²) < 4.78 is 8.62. The Morgan fingerprint density at radius 1 is 0.979 bits per heavy atom. The molecule has 7 rings (SSSR count). The molecule has 0 fully saturated rings. The molecule has 2 aromatic carbocycles. The third-order valence-corrected chi connectivity index (χ3v) is 8.79. The topological polar surface area (TPSA) is 115 Å². The summed E-state index contributed by atoms with van der Waals surface area (Å²) in [4.78, 5) is 42.9. The highest BCUT2D eigenvalue weighted by molar-refractivity contribution is 7.22. The number of amides is 1. The number of ether oxygens (including phenoxy) is 1. The SMILES string of the molecule is CC(C)(C)OC(=O)c1nc(N2CCc3cccc(C(=O)Nc4nc5ccccc5s4)c3C2)ccc1-c1cnn(Cc2cccnc2)c1. The number of nitrogens with one attached hydrogen (secondary N) is 1. The fraction of sp³-hybridized carbons (Fsp3) is 0.222. The Kier molecular flexibility index (Phi) is 7.98. The van der Waals surface area contributed by atoms with Crippen molar-refractivity contribution in [3.8, 4) is 11.1 Å². The Bertz CT molecular complexity index is 2070. The van der Waals surface area contributed by atoms with Gasteiger partial charge in [0.05, 0.1) is 23.0 Å². The average molecular weight is 644 g/mol. The van der Waals surface area contributed by atoms with Gasteiger partial charge in [0.1, 0.15) is 11.4 Å². The van der Waals surface area contributed by atoms with Crippen LogP contribution in [0.1, 0.15) is 58.3 Å². The van der Waals surface area contributed by atoms with Crippen molar-refractivity contribution in [3.63, 3.8) is 0 Å². The third kappa shape index (κ3) is 6.61. The van der Waals surface area contributed by atoms with Gasteiger partial charge in [-0.1, -0.05) is 41.7 Å². The molecule has 1 aliphatic heterocycles. The monoisotopic (exact) mass is 643 g/mol. The number of para-hydroxylation sites is 1. The second-order valence-corrected chi connectivity index (χ2v) is 13.4. The smallest absolute Gasteiger partial charge is 0.358 e. The van der Waals surface area contributed by atoms with Crippen molar-refractivity contribution in [2.75, 3.05) is 16.8 Å². The van der Waals surface area contributed by atoms with Crippen LogP contribution in [0.15, 0.2) is 91.5 Å². The molecule has 10 nitrogen and oxygen atoms in total. The first-order valence-corrected chi connectivity index (χ1v) is 16.2. The van der Waals surface area contributed by atoms with Gasteiger partial charge in [0.25, 0.3) is 5.91 Å². The van der Waals surface area contributed by atoms with Gasteiger partial charge in [-0.2, -0.15) is 5.10 Å². The van der Waals surface area contributed by atoms with Gasteiger partial charge in [-0.25, -0.2) is 14.8 Å². The van der Waals surface area contributed by atoms with Crippen LogP contribution < -0.4 is 10.2 Å². The number of aromatic nitrogens is 5. The van der Waals surface area contributed by atoms with Crippen LogP contribution in [-0.2, 0) is 24.2 Å². The molecular formula is C36H33N7O3S. The Morgan fingerprint density at radius 2 is 1.85 bits per heavy atom. The molecule has 0 aliphatic carbocycles. The van der Waals surface area contributed by atoms with E-state index in [2.05, 4.69) is 31.3 Å². The van der Waals surface area contributed by atoms with Crippen molar-refractivity contribution < 1.29 is 14.3 Å². The van der Waals surface area contributed by atoms with E-state index in [1.807, 2.05) is 92.3 Å². The lowest BCUT2D eigenvalue weighted by atomic mass is 9.94. The highest BCUT2D eigenvalue weighted by Gasteiger charge is 2.27. The lowest BCUT2D eigenvalue weighted by molar-refractivity contribution is 0.00638. The summed E-state index contributed by atoms with van der Waals surface area (Å²) >= 11 is 1.45. The van der Waals surface area contributed by atoms with E-state index in [1.54, 1.807) is 18.6 Å². The predicted octanol–water partition coefficient (Wildman–Crippen LogP) is 6.77. The number of hydrogen-bond donors (Lipinski definition) is 1. The number of rotatable bonds is 7. The largest absolute Gasteiger partial charge is 0.455 e. The zero-order chi connectivity index (χ0) is 32.5. The molecule has 236 valence electrons. The molecule has 1 amide bonds. The van der Waals surface area contributed by atoms with Crippen LogP contribution in [0.2, 0.25) is 0 Å². The molecule has 11 heteroatoms. The number of hydrogen-bond acceptors (Lipinski definition) is 9. The first kappa shape index (κ1) is 30.2. The summed E-state index contributed by atoms with van der Waals surface area (Å²) in [5.41, 5.74) is 5.41. The fourth-order valence-corrected chi connectivity index (χ4v) is 6.55. The van der Waals surface area contributed by atoms with E-state index in [4.69, 9.17) is 9.72 Å². The Labute approximate surface area is 276 Å². The molecular weight excluding hydrogens is 611 g/mol. The molecule has 1 N–H and O–H groups in total. The average Bonchev–Trinajstić information content (AvgIpc) is 3.70. The van der Waals surface area contributed by atoms with Crippen LogP contribution in [0.5, 0.6) is 0 Å². The summed E-state index contributed by atoms with van der Waals surface area (Å²) in [7, 11) is 0. The number of carbonyl (C=O) groups is 2. The van der Waals surface area contributed by atoms with Crippen molar-refractivity contribution >= 4 is 44.4 Å². The van der Waals surface area contributed by atoms with E-state index in [9.17, 15) is 9.59 Å². The summed E-state index contributed by atoms with van der Waals surface area (Å²) in [6.07, 6.45) is 7.89. The van der Waals surface area contributed by atoms with Gasteiger partial charge >= 0.3 is 5.97 Å². The van der Waals surface area contributed by atoms with Crippen LogP contribution in [-0.4, -0.2) is 48.8 Å². The van der Waals surface area contributed by atoms with Crippen molar-refractivity contribution in [2.24, 2.45) is 0 Å². The van der Waals surface area contributed by atoms with Gasteiger partial charge in [-0.3, -0.25) is 19.8 Å². The summed E-state index contributed by atoms with van der Waals surface area (Å²) in [5.74, 6) is -0.0872. The molecule has 6 aromatic rings. The van der Waals surface area contributed by atoms with E-state index in [1.165, 1.54) is 11.3 Å². The Hall–Kier alpha value is -5.42. The van der Waals surface area contributed by atoms with Gasteiger partial charge < -0.3 is 9.64 Å². The molecule has 5 heterocycles. The minimum absolute atomic E-state index is 0.205. The summed E-state index contributed by atoms with van der Waals surface area (Å²) in [6.45, 7) is 7.19. The van der Waals surface area contributed by atoms with Crippen LogP contribution in [0, 0.1) is 0 Å². The number of pyridine rings is 2. The number of thiazole rings is 1. The molecule has 0 unspecified atom stereocenters. The first-order chi connectivity index (χ1) is 22.7. The normalized spacial score (nSPS) is 13.0. The van der Waals surface area contributed by atoms with Gasteiger partial charge in [0.2, 0.25) is 0 Å². The van der Waals surface area contributed by atoms with Gasteiger partial charge in [-0.05, 0) is 80.3 Å². The van der Waals surface area contributed by atoms with E-state index in [0.29, 0.717) is 41.7 Å². The molecule has 47 heavy (non-hydrogen) atoms. The Morgan fingerprint density at radius 3 is 2.66 bits per heavy atom. The van der Waals surface area contributed by atoms with E-state index < -0.39 is 11.6 Å². The summed E-state index contributed by atoms with van der Waals surface area (Å²) in [5, 5.41) is 8.09. The molecule has 0 saturated heterocycles. The molecule has 0 radical (unpaired) electrons. The zero-order valence-electron chi connectivity index (χ0n) is 26.3. The van der Waals surface area contributed by atoms with Crippen LogP contribution in [0.4, 0.5) is 10.9 Å². The quantitative estimate of drug-likeness (QED) is 0.190. The van der Waals surface area contributed by atoms with E-state index >= 15 is 0 Å². The lowest BCUT2D eigenvalue weighted by Crippen LogP contribution is -2.33. The highest BCUT2D eigenvalue weighted by atomic mass is 32.1. The molecule has 0 atom stereocenters. The molecule has 0 bridgehead atoms. The predicted molar refractivity (Wildman–Crippen MR) is 183 cm³/mol. The molecule has 0 saturated carbocycles. The van der Waals surface area contributed by atoms with E-state index in [-0.39, 0.29) is 11.6 Å². The number of anilines is 2. The van der Waals surface area contributed by atoms with Gasteiger partial charge in [0.15, 0.2) is 10.8 Å². The van der Waals surface area contributed by atoms with Crippen molar-refractivity contribution in [3.05, 3.63) is 119 Å². The van der Waals surface area contributed by atoms with Crippen molar-refractivity contribution in [1.82, 2.24) is 24.7 Å². The first-order valence-electron chi connectivity index (χ1n) is 15.4. The second-order valence-electron chi connectivity index (χ2n) is 12.4. The van der Waals surface area contributed by atoms with Gasteiger partial charge in [-0.15, -0.1) is 0 Å². The molecule has 4 aromatic heterocycles. The molecule has 1 aliphatic rings. The number of esters is 1. The zero-order valence-corrected chi connectivity index (χ0v) is 27.1. The lowest BCUT2D eigenvalue weighted by Gasteiger charge is -2.31. The second kappa shape index (κ2) is 12.4. The third-order valence-electron chi connectivity index (χ3n) is 7.84. The minimum Gasteiger partial charge on any atom is -0.455 e. The minimum atomic E-state index is -0.702. The number of carbonyl (C=O) groups excluding carboxylic acids is 2.